The molecule has 1 N–H and O–H groups in total. The highest BCUT2D eigenvalue weighted by atomic mass is 35.5. The second-order valence-corrected chi connectivity index (χ2v) is 9.32. The van der Waals surface area contributed by atoms with E-state index < -0.39 is 0 Å². The van der Waals surface area contributed by atoms with E-state index in [0.717, 1.165) is 41.2 Å². The lowest BCUT2D eigenvalue weighted by molar-refractivity contribution is 0.284. The van der Waals surface area contributed by atoms with Crippen LogP contribution in [0.1, 0.15) is 22.3 Å². The normalized spacial score (nSPS) is 10.9. The lowest BCUT2D eigenvalue weighted by Crippen LogP contribution is -2.17. The lowest BCUT2D eigenvalue weighted by Gasteiger charge is -2.13. The van der Waals surface area contributed by atoms with Gasteiger partial charge in [0.05, 0.1) is 19.2 Å². The van der Waals surface area contributed by atoms with Crippen LogP contribution in [0, 0.1) is 0 Å². The first kappa shape index (κ1) is 28.1. The molecule has 0 atom stereocenters. The Bertz CT molecular complexity index is 1340. The SMILES string of the molecule is COc1ccc(CCNC/C=C/c2cc(OCc3ccccc3)c(OC)cc2Cl)cc1OCc1ccccc1. The second-order valence-electron chi connectivity index (χ2n) is 8.91. The van der Waals surface area contributed by atoms with Crippen molar-refractivity contribution in [1.29, 1.82) is 0 Å². The number of ether oxygens (including phenoxy) is 4. The molecule has 0 amide bonds. The maximum absolute atomic E-state index is 6.49. The van der Waals surface area contributed by atoms with Crippen molar-refractivity contribution in [3.8, 4) is 23.0 Å². The quantitative estimate of drug-likeness (QED) is 0.168. The summed E-state index contributed by atoms with van der Waals surface area (Å²) >= 11 is 6.49. The molecule has 0 heterocycles. The third-order valence-corrected chi connectivity index (χ3v) is 6.46. The smallest absolute Gasteiger partial charge is 0.162 e. The zero-order valence-corrected chi connectivity index (χ0v) is 23.1. The van der Waals surface area contributed by atoms with E-state index in [0.29, 0.717) is 36.3 Å². The third-order valence-electron chi connectivity index (χ3n) is 6.14. The molecule has 4 aromatic carbocycles. The molecule has 6 heteroatoms. The van der Waals surface area contributed by atoms with Gasteiger partial charge in [0.2, 0.25) is 0 Å². The van der Waals surface area contributed by atoms with Crippen LogP contribution in [0.4, 0.5) is 0 Å². The van der Waals surface area contributed by atoms with E-state index >= 15 is 0 Å². The summed E-state index contributed by atoms with van der Waals surface area (Å²) in [6.45, 7) is 2.47. The minimum absolute atomic E-state index is 0.452. The molecule has 4 aromatic rings. The van der Waals surface area contributed by atoms with Crippen LogP contribution in [-0.4, -0.2) is 27.3 Å². The predicted molar refractivity (Wildman–Crippen MR) is 158 cm³/mol. The predicted octanol–water partition coefficient (Wildman–Crippen LogP) is 7.36. The second kappa shape index (κ2) is 14.9. The topological polar surface area (TPSA) is 49.0 Å². The molecule has 0 bridgehead atoms. The zero-order valence-electron chi connectivity index (χ0n) is 22.4. The maximum Gasteiger partial charge on any atom is 0.162 e. The Labute approximate surface area is 236 Å². The van der Waals surface area contributed by atoms with Gasteiger partial charge in [-0.25, -0.2) is 0 Å². The zero-order chi connectivity index (χ0) is 27.3. The van der Waals surface area contributed by atoms with Crippen LogP contribution >= 0.6 is 11.6 Å². The molecule has 202 valence electrons. The van der Waals surface area contributed by atoms with Gasteiger partial charge < -0.3 is 24.3 Å². The highest BCUT2D eigenvalue weighted by Crippen LogP contribution is 2.34. The molecule has 0 fully saturated rings. The molecule has 0 aliphatic rings. The fourth-order valence-corrected chi connectivity index (χ4v) is 4.23. The Hall–Kier alpha value is -3.93. The number of methoxy groups -OCH3 is 2. The summed E-state index contributed by atoms with van der Waals surface area (Å²) in [5.74, 6) is 2.74. The van der Waals surface area contributed by atoms with E-state index in [1.165, 1.54) is 5.56 Å². The van der Waals surface area contributed by atoms with Crippen LogP contribution in [0.5, 0.6) is 23.0 Å². The summed E-state index contributed by atoms with van der Waals surface area (Å²) in [5, 5.41) is 4.06. The molecule has 0 aliphatic carbocycles. The Morgan fingerprint density at radius 2 is 1.28 bits per heavy atom. The van der Waals surface area contributed by atoms with Gasteiger partial charge >= 0.3 is 0 Å². The van der Waals surface area contributed by atoms with Gasteiger partial charge in [-0.1, -0.05) is 90.5 Å². The van der Waals surface area contributed by atoms with E-state index in [1.807, 2.05) is 84.9 Å². The molecule has 0 saturated heterocycles. The molecule has 0 unspecified atom stereocenters. The summed E-state index contributed by atoms with van der Waals surface area (Å²) in [6, 6.07) is 29.9. The standard InChI is InChI=1S/C33H34ClNO4/c1-36-30-16-15-25(20-32(30)38-23-26-10-5-3-6-11-26)17-19-35-18-9-14-28-21-33(31(37-2)22-29(28)34)39-24-27-12-7-4-8-13-27/h3-16,20-22,35H,17-19,23-24H2,1-2H3/b14-9+. The van der Waals surface area contributed by atoms with E-state index in [9.17, 15) is 0 Å². The molecule has 0 aromatic heterocycles. The van der Waals surface area contributed by atoms with Gasteiger partial charge in [-0.15, -0.1) is 0 Å². The fourth-order valence-electron chi connectivity index (χ4n) is 4.01. The van der Waals surface area contributed by atoms with Gasteiger partial charge in [0, 0.05) is 12.6 Å². The number of benzene rings is 4. The molecule has 0 spiro atoms. The van der Waals surface area contributed by atoms with Crippen LogP contribution in [-0.2, 0) is 19.6 Å². The Kier molecular flexibility index (Phi) is 10.7. The van der Waals surface area contributed by atoms with Gasteiger partial charge in [-0.3, -0.25) is 0 Å². The third kappa shape index (κ3) is 8.54. The number of hydrogen-bond donors (Lipinski definition) is 1. The summed E-state index contributed by atoms with van der Waals surface area (Å²) in [5.41, 5.74) is 4.25. The maximum atomic E-state index is 6.49. The summed E-state index contributed by atoms with van der Waals surface area (Å²) < 4.78 is 23.0. The van der Waals surface area contributed by atoms with E-state index in [4.69, 9.17) is 30.5 Å². The van der Waals surface area contributed by atoms with Crippen molar-refractivity contribution in [2.75, 3.05) is 27.3 Å². The monoisotopic (exact) mass is 543 g/mol. The first-order valence-corrected chi connectivity index (χ1v) is 13.3. The molecule has 0 saturated carbocycles. The van der Waals surface area contributed by atoms with Crippen molar-refractivity contribution < 1.29 is 18.9 Å². The van der Waals surface area contributed by atoms with Crippen molar-refractivity contribution >= 4 is 17.7 Å². The van der Waals surface area contributed by atoms with Crippen molar-refractivity contribution in [2.45, 2.75) is 19.6 Å². The number of hydrogen-bond acceptors (Lipinski definition) is 5. The average Bonchev–Trinajstić information content (AvgIpc) is 2.98. The fraction of sp³-hybridized carbons (Fsp3) is 0.212. The Morgan fingerprint density at radius 3 is 1.90 bits per heavy atom. The van der Waals surface area contributed by atoms with Gasteiger partial charge in [0.25, 0.3) is 0 Å². The van der Waals surface area contributed by atoms with Crippen molar-refractivity contribution in [3.63, 3.8) is 0 Å². The van der Waals surface area contributed by atoms with Gasteiger partial charge in [0.15, 0.2) is 23.0 Å². The molecule has 39 heavy (non-hydrogen) atoms. The first-order valence-electron chi connectivity index (χ1n) is 12.9. The van der Waals surface area contributed by atoms with Gasteiger partial charge in [-0.05, 0) is 53.4 Å². The average molecular weight is 544 g/mol. The lowest BCUT2D eigenvalue weighted by atomic mass is 10.1. The van der Waals surface area contributed by atoms with Crippen molar-refractivity contribution in [2.24, 2.45) is 0 Å². The largest absolute Gasteiger partial charge is 0.493 e. The van der Waals surface area contributed by atoms with Gasteiger partial charge in [-0.2, -0.15) is 0 Å². The van der Waals surface area contributed by atoms with Crippen LogP contribution in [0.2, 0.25) is 5.02 Å². The minimum Gasteiger partial charge on any atom is -0.493 e. The number of nitrogens with one attached hydrogen (secondary N) is 1. The van der Waals surface area contributed by atoms with Crippen LogP contribution < -0.4 is 24.3 Å². The minimum atomic E-state index is 0.452. The Balaban J connectivity index is 1.28. The van der Waals surface area contributed by atoms with Crippen LogP contribution in [0.25, 0.3) is 6.08 Å². The van der Waals surface area contributed by atoms with E-state index in [2.05, 4.69) is 17.5 Å². The number of halogens is 1. The summed E-state index contributed by atoms with van der Waals surface area (Å²) in [7, 11) is 3.27. The molecule has 4 rings (SSSR count). The van der Waals surface area contributed by atoms with Crippen LogP contribution in [0.15, 0.2) is 97.1 Å². The van der Waals surface area contributed by atoms with Gasteiger partial charge in [0.1, 0.15) is 13.2 Å². The Morgan fingerprint density at radius 1 is 0.667 bits per heavy atom. The van der Waals surface area contributed by atoms with Crippen molar-refractivity contribution in [3.05, 3.63) is 124 Å². The van der Waals surface area contributed by atoms with Crippen LogP contribution in [0.3, 0.4) is 0 Å². The summed E-state index contributed by atoms with van der Waals surface area (Å²) in [6.07, 6.45) is 4.91. The molecule has 0 radical (unpaired) electrons. The van der Waals surface area contributed by atoms with E-state index in [-0.39, 0.29) is 0 Å². The number of rotatable bonds is 14. The van der Waals surface area contributed by atoms with E-state index in [1.54, 1.807) is 20.3 Å². The molecule has 5 nitrogen and oxygen atoms in total. The highest BCUT2D eigenvalue weighted by molar-refractivity contribution is 6.32. The first-order chi connectivity index (χ1) is 19.2. The molecule has 0 aliphatic heterocycles. The molecular formula is C33H34ClNO4. The van der Waals surface area contributed by atoms with Crippen molar-refractivity contribution in [1.82, 2.24) is 5.32 Å². The summed E-state index contributed by atoms with van der Waals surface area (Å²) in [4.78, 5) is 0. The molecular weight excluding hydrogens is 510 g/mol. The highest BCUT2D eigenvalue weighted by Gasteiger charge is 2.10.